The van der Waals surface area contributed by atoms with E-state index in [-0.39, 0.29) is 6.04 Å². The van der Waals surface area contributed by atoms with Crippen LogP contribution in [0.25, 0.3) is 11.1 Å². The zero-order chi connectivity index (χ0) is 13.0. The molecule has 1 unspecified atom stereocenters. The van der Waals surface area contributed by atoms with E-state index in [0.29, 0.717) is 0 Å². The van der Waals surface area contributed by atoms with Crippen LogP contribution in [-0.4, -0.2) is 11.2 Å². The molecule has 0 radical (unpaired) electrons. The molecule has 1 atom stereocenters. The first-order valence-electron chi connectivity index (χ1n) is 5.82. The van der Waals surface area contributed by atoms with Crippen molar-refractivity contribution < 1.29 is 9.90 Å². The Labute approximate surface area is 106 Å². The van der Waals surface area contributed by atoms with Crippen molar-refractivity contribution in [2.75, 3.05) is 0 Å². The smallest absolute Gasteiger partial charge is 0.405 e. The van der Waals surface area contributed by atoms with Crippen molar-refractivity contribution in [3.63, 3.8) is 0 Å². The van der Waals surface area contributed by atoms with Gasteiger partial charge in [-0.25, -0.2) is 4.79 Å². The first-order chi connectivity index (χ1) is 8.68. The van der Waals surface area contributed by atoms with Crippen LogP contribution in [0.15, 0.2) is 54.6 Å². The average Bonchev–Trinajstić information content (AvgIpc) is 2.39. The summed E-state index contributed by atoms with van der Waals surface area (Å²) in [5.41, 5.74) is 3.12. The number of nitrogens with one attached hydrogen (secondary N) is 1. The molecule has 2 aromatic rings. The van der Waals surface area contributed by atoms with E-state index in [1.165, 1.54) is 0 Å². The fourth-order valence-electron chi connectivity index (χ4n) is 2.02. The third-order valence-corrected chi connectivity index (χ3v) is 2.85. The molecule has 0 aliphatic carbocycles. The highest BCUT2D eigenvalue weighted by Crippen LogP contribution is 2.27. The van der Waals surface area contributed by atoms with Crippen molar-refractivity contribution in [3.8, 4) is 11.1 Å². The Bertz CT molecular complexity index is 537. The fourth-order valence-corrected chi connectivity index (χ4v) is 2.02. The molecule has 0 saturated carbocycles. The lowest BCUT2D eigenvalue weighted by Crippen LogP contribution is -2.24. The van der Waals surface area contributed by atoms with Crippen LogP contribution in [0.2, 0.25) is 0 Å². The number of carbonyl (C=O) groups is 1. The highest BCUT2D eigenvalue weighted by Gasteiger charge is 2.12. The molecule has 3 nitrogen and oxygen atoms in total. The van der Waals surface area contributed by atoms with Gasteiger partial charge in [0, 0.05) is 0 Å². The molecular weight excluding hydrogens is 226 g/mol. The van der Waals surface area contributed by atoms with Gasteiger partial charge in [-0.05, 0) is 23.6 Å². The summed E-state index contributed by atoms with van der Waals surface area (Å²) in [6.45, 7) is 1.84. The number of hydrogen-bond donors (Lipinski definition) is 2. The summed E-state index contributed by atoms with van der Waals surface area (Å²) >= 11 is 0. The second-order valence-electron chi connectivity index (χ2n) is 4.12. The molecule has 0 bridgehead atoms. The Balaban J connectivity index is 2.40. The van der Waals surface area contributed by atoms with Crippen LogP contribution in [0, 0.1) is 0 Å². The molecule has 2 aromatic carbocycles. The predicted molar refractivity (Wildman–Crippen MR) is 71.5 cm³/mol. The van der Waals surface area contributed by atoms with E-state index in [2.05, 4.69) is 5.32 Å². The summed E-state index contributed by atoms with van der Waals surface area (Å²) in [4.78, 5) is 10.7. The van der Waals surface area contributed by atoms with Gasteiger partial charge >= 0.3 is 6.09 Å². The number of amides is 1. The summed E-state index contributed by atoms with van der Waals surface area (Å²) in [6, 6.07) is 17.5. The van der Waals surface area contributed by atoms with Crippen molar-refractivity contribution in [2.45, 2.75) is 13.0 Å². The van der Waals surface area contributed by atoms with Crippen LogP contribution in [0.4, 0.5) is 4.79 Å². The van der Waals surface area contributed by atoms with Crippen LogP contribution < -0.4 is 5.32 Å². The number of benzene rings is 2. The highest BCUT2D eigenvalue weighted by atomic mass is 16.4. The highest BCUT2D eigenvalue weighted by molar-refractivity contribution is 5.70. The molecule has 2 rings (SSSR count). The second kappa shape index (κ2) is 5.36. The van der Waals surface area contributed by atoms with E-state index in [1.54, 1.807) is 0 Å². The maximum absolute atomic E-state index is 10.7. The van der Waals surface area contributed by atoms with Crippen molar-refractivity contribution >= 4 is 6.09 Å². The van der Waals surface area contributed by atoms with Crippen LogP contribution in [0.5, 0.6) is 0 Å². The molecule has 3 heteroatoms. The molecule has 0 saturated heterocycles. The van der Waals surface area contributed by atoms with Crippen LogP contribution >= 0.6 is 0 Å². The maximum Gasteiger partial charge on any atom is 0.405 e. The van der Waals surface area contributed by atoms with Crippen LogP contribution in [0.3, 0.4) is 0 Å². The molecular formula is C15H15NO2. The summed E-state index contributed by atoms with van der Waals surface area (Å²) in [7, 11) is 0. The first kappa shape index (κ1) is 12.2. The first-order valence-corrected chi connectivity index (χ1v) is 5.82. The van der Waals surface area contributed by atoms with Crippen molar-refractivity contribution in [1.82, 2.24) is 5.32 Å². The third-order valence-electron chi connectivity index (χ3n) is 2.85. The predicted octanol–water partition coefficient (Wildman–Crippen LogP) is 3.68. The summed E-state index contributed by atoms with van der Waals surface area (Å²) in [6.07, 6.45) is -1.01. The zero-order valence-electron chi connectivity index (χ0n) is 10.1. The number of hydrogen-bond acceptors (Lipinski definition) is 1. The van der Waals surface area contributed by atoms with Gasteiger partial charge in [-0.15, -0.1) is 0 Å². The van der Waals surface area contributed by atoms with Gasteiger partial charge in [0.25, 0.3) is 0 Å². The topological polar surface area (TPSA) is 49.3 Å². The van der Waals surface area contributed by atoms with Gasteiger partial charge in [0.2, 0.25) is 0 Å². The Morgan fingerprint density at radius 2 is 1.67 bits per heavy atom. The van der Waals surface area contributed by atoms with E-state index in [0.717, 1.165) is 16.7 Å². The maximum atomic E-state index is 10.7. The Morgan fingerprint density at radius 3 is 2.33 bits per heavy atom. The van der Waals surface area contributed by atoms with E-state index in [4.69, 9.17) is 5.11 Å². The molecule has 2 N–H and O–H groups in total. The SMILES string of the molecule is CC(NC(=O)O)c1ccccc1-c1ccccc1. The van der Waals surface area contributed by atoms with Crippen molar-refractivity contribution in [1.29, 1.82) is 0 Å². The summed E-state index contributed by atoms with van der Waals surface area (Å²) in [5.74, 6) is 0. The van der Waals surface area contributed by atoms with Crippen molar-refractivity contribution in [2.24, 2.45) is 0 Å². The van der Waals surface area contributed by atoms with Gasteiger partial charge in [-0.3, -0.25) is 0 Å². The second-order valence-corrected chi connectivity index (χ2v) is 4.12. The summed E-state index contributed by atoms with van der Waals surface area (Å²) in [5, 5.41) is 11.3. The Hall–Kier alpha value is -2.29. The van der Waals surface area contributed by atoms with Gasteiger partial charge in [-0.1, -0.05) is 54.6 Å². The standard InChI is InChI=1S/C15H15NO2/c1-11(16-15(17)18)13-9-5-6-10-14(13)12-7-3-2-4-8-12/h2-11,16H,1H3,(H,17,18). The van der Waals surface area contributed by atoms with Crippen LogP contribution in [0.1, 0.15) is 18.5 Å². The minimum Gasteiger partial charge on any atom is -0.465 e. The van der Waals surface area contributed by atoms with Gasteiger partial charge in [0.15, 0.2) is 0 Å². The lowest BCUT2D eigenvalue weighted by molar-refractivity contribution is 0.191. The van der Waals surface area contributed by atoms with Gasteiger partial charge in [0.1, 0.15) is 0 Å². The van der Waals surface area contributed by atoms with E-state index in [1.807, 2.05) is 61.5 Å². The number of carboxylic acid groups (broad SMARTS) is 1. The van der Waals surface area contributed by atoms with Gasteiger partial charge in [0.05, 0.1) is 6.04 Å². The molecule has 0 aliphatic heterocycles. The average molecular weight is 241 g/mol. The lowest BCUT2D eigenvalue weighted by Gasteiger charge is -2.16. The molecule has 18 heavy (non-hydrogen) atoms. The molecule has 0 spiro atoms. The molecule has 92 valence electrons. The Kier molecular flexibility index (Phi) is 3.63. The van der Waals surface area contributed by atoms with E-state index in [9.17, 15) is 4.79 Å². The quantitative estimate of drug-likeness (QED) is 0.861. The van der Waals surface area contributed by atoms with Gasteiger partial charge in [-0.2, -0.15) is 0 Å². The molecule has 0 heterocycles. The largest absolute Gasteiger partial charge is 0.465 e. The lowest BCUT2D eigenvalue weighted by atomic mass is 9.96. The van der Waals surface area contributed by atoms with Crippen molar-refractivity contribution in [3.05, 3.63) is 60.2 Å². The monoisotopic (exact) mass is 241 g/mol. The molecule has 0 aromatic heterocycles. The normalized spacial score (nSPS) is 11.8. The van der Waals surface area contributed by atoms with Gasteiger partial charge < -0.3 is 10.4 Å². The zero-order valence-corrected chi connectivity index (χ0v) is 10.1. The fraction of sp³-hybridized carbons (Fsp3) is 0.133. The third kappa shape index (κ3) is 2.69. The van der Waals surface area contributed by atoms with E-state index >= 15 is 0 Å². The van der Waals surface area contributed by atoms with E-state index < -0.39 is 6.09 Å². The summed E-state index contributed by atoms with van der Waals surface area (Å²) < 4.78 is 0. The van der Waals surface area contributed by atoms with Crippen LogP contribution in [-0.2, 0) is 0 Å². The molecule has 0 fully saturated rings. The minimum atomic E-state index is -1.01. The number of rotatable bonds is 3. The Morgan fingerprint density at radius 1 is 1.06 bits per heavy atom. The molecule has 1 amide bonds. The minimum absolute atomic E-state index is 0.237. The molecule has 0 aliphatic rings.